The topological polar surface area (TPSA) is 98.3 Å². The second-order valence-corrected chi connectivity index (χ2v) is 4.43. The Morgan fingerprint density at radius 3 is 2.84 bits per heavy atom. The Balaban J connectivity index is 2.48. The maximum Gasteiger partial charge on any atom is 0.354 e. The number of carboxylic acids is 1. The molecular formula is C12H20N4O3. The lowest BCUT2D eigenvalue weighted by molar-refractivity contribution is 0.0685. The van der Waals surface area contributed by atoms with Gasteiger partial charge in [-0.15, -0.1) is 0 Å². The highest BCUT2D eigenvalue weighted by Crippen LogP contribution is 2.02. The number of rotatable bonds is 7. The molecule has 7 heteroatoms. The zero-order chi connectivity index (χ0) is 14.4. The van der Waals surface area contributed by atoms with Gasteiger partial charge in [0.1, 0.15) is 0 Å². The smallest absolute Gasteiger partial charge is 0.354 e. The molecule has 1 aromatic rings. The molecule has 3 N–H and O–H groups in total. The summed E-state index contributed by atoms with van der Waals surface area (Å²) in [4.78, 5) is 30.9. The highest BCUT2D eigenvalue weighted by Gasteiger charge is 2.19. The minimum atomic E-state index is -1.20. The molecule has 1 aromatic heterocycles. The fourth-order valence-electron chi connectivity index (χ4n) is 1.59. The van der Waals surface area contributed by atoms with E-state index in [1.807, 2.05) is 7.05 Å². The molecule has 0 fully saturated rings. The van der Waals surface area contributed by atoms with Gasteiger partial charge in [-0.1, -0.05) is 6.92 Å². The number of aromatic carboxylic acids is 1. The van der Waals surface area contributed by atoms with E-state index >= 15 is 0 Å². The highest BCUT2D eigenvalue weighted by molar-refractivity contribution is 6.02. The second-order valence-electron chi connectivity index (χ2n) is 4.43. The van der Waals surface area contributed by atoms with E-state index in [0.29, 0.717) is 19.1 Å². The van der Waals surface area contributed by atoms with Gasteiger partial charge in [-0.2, -0.15) is 0 Å². The van der Waals surface area contributed by atoms with Crippen LogP contribution in [0.2, 0.25) is 0 Å². The molecule has 1 unspecified atom stereocenters. The van der Waals surface area contributed by atoms with Crippen molar-refractivity contribution in [3.8, 4) is 0 Å². The van der Waals surface area contributed by atoms with Crippen molar-refractivity contribution < 1.29 is 14.7 Å². The predicted molar refractivity (Wildman–Crippen MR) is 70.3 cm³/mol. The van der Waals surface area contributed by atoms with E-state index in [1.165, 1.54) is 6.33 Å². The van der Waals surface area contributed by atoms with E-state index < -0.39 is 11.9 Å². The van der Waals surface area contributed by atoms with Gasteiger partial charge >= 0.3 is 5.97 Å². The Bertz CT molecular complexity index is 444. The molecule has 0 aromatic carbocycles. The number of H-pyrrole nitrogens is 1. The van der Waals surface area contributed by atoms with Crippen molar-refractivity contribution in [2.45, 2.75) is 26.3 Å². The van der Waals surface area contributed by atoms with Gasteiger partial charge in [0, 0.05) is 19.1 Å². The van der Waals surface area contributed by atoms with E-state index in [9.17, 15) is 9.59 Å². The summed E-state index contributed by atoms with van der Waals surface area (Å²) in [6.45, 7) is 5.36. The Morgan fingerprint density at radius 1 is 1.58 bits per heavy atom. The summed E-state index contributed by atoms with van der Waals surface area (Å²) < 4.78 is 0. The summed E-state index contributed by atoms with van der Waals surface area (Å²) in [6, 6.07) is 0.442. The molecule has 1 amide bonds. The molecule has 1 atom stereocenters. The number of likely N-dealkylation sites (N-methyl/N-ethyl adjacent to an activating group) is 1. The van der Waals surface area contributed by atoms with E-state index in [4.69, 9.17) is 5.11 Å². The maximum atomic E-state index is 11.8. The first-order valence-electron chi connectivity index (χ1n) is 6.22. The first-order chi connectivity index (χ1) is 8.97. The minimum absolute atomic E-state index is 0.0845. The highest BCUT2D eigenvalue weighted by atomic mass is 16.4. The standard InChI is InChI=1S/C12H20N4O3/c1-4-8(2)16(3)6-5-13-11(17)9-10(12(18)19)15-7-14-9/h7-8H,4-6H2,1-3H3,(H,13,17)(H,14,15)(H,18,19). The number of carboxylic acid groups (broad SMARTS) is 1. The van der Waals surface area contributed by atoms with Crippen molar-refractivity contribution in [2.75, 3.05) is 20.1 Å². The van der Waals surface area contributed by atoms with Gasteiger partial charge in [0.25, 0.3) is 5.91 Å². The van der Waals surface area contributed by atoms with Gasteiger partial charge in [0.2, 0.25) is 0 Å². The van der Waals surface area contributed by atoms with Gasteiger partial charge in [-0.3, -0.25) is 4.79 Å². The maximum absolute atomic E-state index is 11.8. The third-order valence-corrected chi connectivity index (χ3v) is 3.16. The average molecular weight is 268 g/mol. The summed E-state index contributed by atoms with van der Waals surface area (Å²) in [6.07, 6.45) is 2.23. The molecule has 0 aliphatic heterocycles. The fourth-order valence-corrected chi connectivity index (χ4v) is 1.59. The third-order valence-electron chi connectivity index (χ3n) is 3.16. The van der Waals surface area contributed by atoms with Gasteiger partial charge in [0.05, 0.1) is 6.33 Å². The van der Waals surface area contributed by atoms with Crippen LogP contribution < -0.4 is 5.32 Å². The Kier molecular flexibility index (Phi) is 5.50. The van der Waals surface area contributed by atoms with Crippen molar-refractivity contribution in [3.63, 3.8) is 0 Å². The molecule has 7 nitrogen and oxygen atoms in total. The van der Waals surface area contributed by atoms with Crippen LogP contribution in [-0.4, -0.2) is 58.0 Å². The first-order valence-corrected chi connectivity index (χ1v) is 6.22. The van der Waals surface area contributed by atoms with E-state index in [0.717, 1.165) is 6.42 Å². The molecule has 1 rings (SSSR count). The minimum Gasteiger partial charge on any atom is -0.477 e. The molecular weight excluding hydrogens is 248 g/mol. The second kappa shape index (κ2) is 6.89. The number of carbonyl (C=O) groups excluding carboxylic acids is 1. The Morgan fingerprint density at radius 2 is 2.26 bits per heavy atom. The number of nitrogens with one attached hydrogen (secondary N) is 2. The van der Waals surface area contributed by atoms with Crippen LogP contribution in [-0.2, 0) is 0 Å². The van der Waals surface area contributed by atoms with Gasteiger partial charge in [-0.05, 0) is 20.4 Å². The Labute approximate surface area is 112 Å². The number of imidazole rings is 1. The van der Waals surface area contributed by atoms with Crippen LogP contribution in [0.5, 0.6) is 0 Å². The molecule has 0 saturated heterocycles. The van der Waals surface area contributed by atoms with Crippen molar-refractivity contribution in [2.24, 2.45) is 0 Å². The zero-order valence-electron chi connectivity index (χ0n) is 11.4. The third kappa shape index (κ3) is 4.06. The average Bonchev–Trinajstić information content (AvgIpc) is 2.86. The largest absolute Gasteiger partial charge is 0.477 e. The summed E-state index contributed by atoms with van der Waals surface area (Å²) in [7, 11) is 1.98. The molecule has 0 spiro atoms. The van der Waals surface area contributed by atoms with Crippen molar-refractivity contribution >= 4 is 11.9 Å². The molecule has 0 radical (unpaired) electrons. The SMILES string of the molecule is CCC(C)N(C)CCNC(=O)c1nc[nH]c1C(=O)O. The lowest BCUT2D eigenvalue weighted by Gasteiger charge is -2.23. The Hall–Kier alpha value is -1.89. The number of carbonyl (C=O) groups is 2. The molecule has 19 heavy (non-hydrogen) atoms. The van der Waals surface area contributed by atoms with Crippen molar-refractivity contribution in [1.82, 2.24) is 20.2 Å². The fraction of sp³-hybridized carbons (Fsp3) is 0.583. The molecule has 0 aliphatic carbocycles. The normalized spacial score (nSPS) is 12.4. The van der Waals surface area contributed by atoms with E-state index in [1.54, 1.807) is 0 Å². The van der Waals surface area contributed by atoms with Gasteiger partial charge in [-0.25, -0.2) is 9.78 Å². The van der Waals surface area contributed by atoms with E-state index in [2.05, 4.69) is 34.0 Å². The molecule has 0 bridgehead atoms. The molecule has 0 aliphatic rings. The monoisotopic (exact) mass is 268 g/mol. The number of hydrogen-bond acceptors (Lipinski definition) is 4. The number of aromatic amines is 1. The quantitative estimate of drug-likeness (QED) is 0.671. The lowest BCUT2D eigenvalue weighted by Crippen LogP contribution is -2.37. The van der Waals surface area contributed by atoms with Gasteiger partial charge < -0.3 is 20.3 Å². The van der Waals surface area contributed by atoms with Crippen molar-refractivity contribution in [1.29, 1.82) is 0 Å². The molecule has 106 valence electrons. The number of hydrogen-bond donors (Lipinski definition) is 3. The lowest BCUT2D eigenvalue weighted by atomic mass is 10.2. The first kappa shape index (κ1) is 15.2. The van der Waals surface area contributed by atoms with Crippen LogP contribution >= 0.6 is 0 Å². The number of amides is 1. The van der Waals surface area contributed by atoms with E-state index in [-0.39, 0.29) is 11.4 Å². The van der Waals surface area contributed by atoms with Crippen LogP contribution in [0.15, 0.2) is 6.33 Å². The summed E-state index contributed by atoms with van der Waals surface area (Å²) in [5.74, 6) is -1.67. The van der Waals surface area contributed by atoms with Crippen LogP contribution in [0.3, 0.4) is 0 Å². The number of nitrogens with zero attached hydrogens (tertiary/aromatic N) is 2. The summed E-state index contributed by atoms with van der Waals surface area (Å²) >= 11 is 0. The summed E-state index contributed by atoms with van der Waals surface area (Å²) in [5.41, 5.74) is -0.272. The summed E-state index contributed by atoms with van der Waals surface area (Å²) in [5, 5.41) is 11.5. The van der Waals surface area contributed by atoms with Crippen LogP contribution in [0.4, 0.5) is 0 Å². The van der Waals surface area contributed by atoms with Crippen LogP contribution in [0, 0.1) is 0 Å². The molecule has 1 heterocycles. The predicted octanol–water partition coefficient (Wildman–Crippen LogP) is 0.568. The molecule has 0 saturated carbocycles. The number of aromatic nitrogens is 2. The van der Waals surface area contributed by atoms with Crippen LogP contribution in [0.1, 0.15) is 41.2 Å². The van der Waals surface area contributed by atoms with Crippen molar-refractivity contribution in [3.05, 3.63) is 17.7 Å². The van der Waals surface area contributed by atoms with Gasteiger partial charge in [0.15, 0.2) is 11.4 Å². The zero-order valence-corrected chi connectivity index (χ0v) is 11.4. The van der Waals surface area contributed by atoms with Crippen LogP contribution in [0.25, 0.3) is 0 Å².